The van der Waals surface area contributed by atoms with Gasteiger partial charge in [0.15, 0.2) is 0 Å². The van der Waals surface area contributed by atoms with E-state index in [-0.39, 0.29) is 23.8 Å². The van der Waals surface area contributed by atoms with Crippen molar-refractivity contribution >= 4 is 51.6 Å². The number of fused-ring (bicyclic) bond motifs is 1. The summed E-state index contributed by atoms with van der Waals surface area (Å²) in [6, 6.07) is 10.9. The average Bonchev–Trinajstić information content (AvgIpc) is 3.35. The molecule has 0 spiro atoms. The number of nitrogens with one attached hydrogen (secondary N) is 1. The van der Waals surface area contributed by atoms with E-state index < -0.39 is 11.9 Å². The quantitative estimate of drug-likeness (QED) is 0.401. The topological polar surface area (TPSA) is 99.5 Å². The van der Waals surface area contributed by atoms with Gasteiger partial charge in [-0.3, -0.25) is 14.5 Å². The van der Waals surface area contributed by atoms with Gasteiger partial charge in [0.25, 0.3) is 5.91 Å². The third-order valence-corrected chi connectivity index (χ3v) is 7.49. The maximum absolute atomic E-state index is 13.2. The molecule has 1 fully saturated rings. The number of rotatable bonds is 5. The Balaban J connectivity index is 1.70. The molecule has 1 aromatic carbocycles. The fraction of sp³-hybridized carbons (Fsp3) is 0.304. The van der Waals surface area contributed by atoms with E-state index in [0.29, 0.717) is 21.3 Å². The number of carbonyl (C=O) groups is 3. The number of thiophene rings is 1. The van der Waals surface area contributed by atoms with Gasteiger partial charge in [0.05, 0.1) is 17.9 Å². The Morgan fingerprint density at radius 2 is 1.97 bits per heavy atom. The van der Waals surface area contributed by atoms with Gasteiger partial charge in [-0.15, -0.1) is 11.3 Å². The van der Waals surface area contributed by atoms with Crippen LogP contribution in [0, 0.1) is 11.3 Å². The van der Waals surface area contributed by atoms with Gasteiger partial charge in [-0.1, -0.05) is 30.0 Å². The lowest BCUT2D eigenvalue weighted by Crippen LogP contribution is -2.27. The van der Waals surface area contributed by atoms with Crippen molar-refractivity contribution in [3.05, 3.63) is 56.9 Å². The molecule has 164 valence electrons. The Morgan fingerprint density at radius 1 is 1.22 bits per heavy atom. The van der Waals surface area contributed by atoms with Gasteiger partial charge in [0, 0.05) is 10.6 Å². The summed E-state index contributed by atoms with van der Waals surface area (Å²) < 4.78 is 5.23. The molecule has 0 atom stereocenters. The molecule has 1 aliphatic carbocycles. The maximum Gasteiger partial charge on any atom is 0.341 e. The molecule has 1 saturated heterocycles. The Bertz CT molecular complexity index is 1150. The van der Waals surface area contributed by atoms with Crippen LogP contribution in [-0.4, -0.2) is 30.1 Å². The molecule has 2 aliphatic rings. The summed E-state index contributed by atoms with van der Waals surface area (Å²) in [6.45, 7) is 1.97. The first-order chi connectivity index (χ1) is 15.5. The first-order valence-corrected chi connectivity index (χ1v) is 12.1. The van der Waals surface area contributed by atoms with Crippen molar-refractivity contribution in [2.75, 3.05) is 22.6 Å². The zero-order valence-corrected chi connectivity index (χ0v) is 19.1. The van der Waals surface area contributed by atoms with Gasteiger partial charge in [-0.2, -0.15) is 5.26 Å². The number of amides is 2. The van der Waals surface area contributed by atoms with E-state index in [4.69, 9.17) is 4.74 Å². The fourth-order valence-corrected chi connectivity index (χ4v) is 6.11. The smallest absolute Gasteiger partial charge is 0.341 e. The molecule has 0 unspecified atom stereocenters. The van der Waals surface area contributed by atoms with Crippen LogP contribution in [0.5, 0.6) is 0 Å². The summed E-state index contributed by atoms with van der Waals surface area (Å²) in [5, 5.41) is 13.3. The number of hydrogen-bond donors (Lipinski definition) is 1. The van der Waals surface area contributed by atoms with E-state index in [1.165, 1.54) is 16.2 Å². The van der Waals surface area contributed by atoms with Crippen LogP contribution in [0.25, 0.3) is 0 Å². The summed E-state index contributed by atoms with van der Waals surface area (Å²) in [6.07, 6.45) is 3.61. The van der Waals surface area contributed by atoms with E-state index in [2.05, 4.69) is 5.32 Å². The minimum Gasteiger partial charge on any atom is -0.462 e. The zero-order chi connectivity index (χ0) is 22.7. The molecule has 4 rings (SSSR count). The number of para-hydroxylation sites is 1. The van der Waals surface area contributed by atoms with Crippen LogP contribution in [0.15, 0.2) is 40.9 Å². The molecule has 2 amide bonds. The standard InChI is InChI=1S/C23H21N3O4S2/c1-2-30-23(29)19-15-10-6-7-11-17(15)32-21(19)25-20(28)16(12-24)22-26(18(27)13-31-22)14-8-4-3-5-9-14/h3-5,8-9H,2,6-7,10-11,13H2,1H3,(H,25,28)/b22-16-. The highest BCUT2D eigenvalue weighted by molar-refractivity contribution is 8.04. The second-order valence-electron chi connectivity index (χ2n) is 7.23. The van der Waals surface area contributed by atoms with Crippen LogP contribution in [0.4, 0.5) is 10.7 Å². The lowest BCUT2D eigenvalue weighted by molar-refractivity contribution is -0.115. The van der Waals surface area contributed by atoms with Crippen molar-refractivity contribution in [1.82, 2.24) is 0 Å². The SMILES string of the molecule is CCOC(=O)c1c(NC(=O)/C(C#N)=C2\SCC(=O)N2c2ccccc2)sc2c1CCCC2. The number of ether oxygens (including phenoxy) is 1. The summed E-state index contributed by atoms with van der Waals surface area (Å²) in [5.74, 6) is -1.17. The molecule has 2 aromatic rings. The van der Waals surface area contributed by atoms with Crippen LogP contribution >= 0.6 is 23.1 Å². The number of anilines is 2. The second-order valence-corrected chi connectivity index (χ2v) is 9.30. The molecule has 7 nitrogen and oxygen atoms in total. The lowest BCUT2D eigenvalue weighted by atomic mass is 9.95. The normalized spacial score (nSPS) is 16.9. The molecule has 32 heavy (non-hydrogen) atoms. The van der Waals surface area contributed by atoms with Gasteiger partial charge < -0.3 is 10.1 Å². The van der Waals surface area contributed by atoms with Gasteiger partial charge in [-0.25, -0.2) is 4.79 Å². The molecular formula is C23H21N3O4S2. The molecule has 0 radical (unpaired) electrons. The predicted molar refractivity (Wildman–Crippen MR) is 125 cm³/mol. The minimum atomic E-state index is -0.644. The number of aryl methyl sites for hydroxylation is 1. The summed E-state index contributed by atoms with van der Waals surface area (Å²) >= 11 is 2.52. The fourth-order valence-electron chi connectivity index (χ4n) is 3.83. The molecule has 1 N–H and O–H groups in total. The summed E-state index contributed by atoms with van der Waals surface area (Å²) in [5.41, 5.74) is 1.75. The van der Waals surface area contributed by atoms with Crippen molar-refractivity contribution in [3.8, 4) is 6.07 Å². The maximum atomic E-state index is 13.2. The average molecular weight is 468 g/mol. The van der Waals surface area contributed by atoms with Gasteiger partial charge in [0.2, 0.25) is 5.91 Å². The van der Waals surface area contributed by atoms with Crippen LogP contribution in [0.1, 0.15) is 40.6 Å². The highest BCUT2D eigenvalue weighted by Gasteiger charge is 2.34. The lowest BCUT2D eigenvalue weighted by Gasteiger charge is -2.18. The van der Waals surface area contributed by atoms with Crippen LogP contribution in [-0.2, 0) is 27.2 Å². The monoisotopic (exact) mass is 467 g/mol. The Labute approximate surface area is 194 Å². The summed E-state index contributed by atoms with van der Waals surface area (Å²) in [4.78, 5) is 40.8. The molecule has 1 aliphatic heterocycles. The number of esters is 1. The van der Waals surface area contributed by atoms with E-state index in [0.717, 1.165) is 47.9 Å². The van der Waals surface area contributed by atoms with E-state index >= 15 is 0 Å². The predicted octanol–water partition coefficient (Wildman–Crippen LogP) is 4.26. The number of nitriles is 1. The van der Waals surface area contributed by atoms with Crippen molar-refractivity contribution < 1.29 is 19.1 Å². The number of nitrogens with zero attached hydrogens (tertiary/aromatic N) is 2. The largest absolute Gasteiger partial charge is 0.462 e. The van der Waals surface area contributed by atoms with Crippen LogP contribution in [0.3, 0.4) is 0 Å². The molecule has 0 bridgehead atoms. The first-order valence-electron chi connectivity index (χ1n) is 10.3. The van der Waals surface area contributed by atoms with E-state index in [9.17, 15) is 19.6 Å². The Hall–Kier alpha value is -3.09. The van der Waals surface area contributed by atoms with Crippen molar-refractivity contribution in [2.45, 2.75) is 32.6 Å². The van der Waals surface area contributed by atoms with Crippen molar-refractivity contribution in [3.63, 3.8) is 0 Å². The van der Waals surface area contributed by atoms with E-state index in [1.54, 1.807) is 31.2 Å². The Morgan fingerprint density at radius 3 is 2.69 bits per heavy atom. The van der Waals surface area contributed by atoms with Gasteiger partial charge in [-0.05, 0) is 50.3 Å². The van der Waals surface area contributed by atoms with Crippen molar-refractivity contribution in [2.24, 2.45) is 0 Å². The number of carbonyl (C=O) groups excluding carboxylic acids is 3. The van der Waals surface area contributed by atoms with Crippen LogP contribution < -0.4 is 10.2 Å². The molecular weight excluding hydrogens is 446 g/mol. The second kappa shape index (κ2) is 9.59. The molecule has 2 heterocycles. The van der Waals surface area contributed by atoms with Gasteiger partial charge in [0.1, 0.15) is 21.7 Å². The molecule has 0 saturated carbocycles. The van der Waals surface area contributed by atoms with E-state index in [1.807, 2.05) is 12.1 Å². The molecule has 1 aromatic heterocycles. The number of benzene rings is 1. The zero-order valence-electron chi connectivity index (χ0n) is 17.5. The number of thioether (sulfide) groups is 1. The highest BCUT2D eigenvalue weighted by Crippen LogP contribution is 2.40. The van der Waals surface area contributed by atoms with Gasteiger partial charge >= 0.3 is 5.97 Å². The Kier molecular flexibility index (Phi) is 6.63. The minimum absolute atomic E-state index is 0.143. The third-order valence-electron chi connectivity index (χ3n) is 5.23. The molecule has 9 heteroatoms. The van der Waals surface area contributed by atoms with Crippen molar-refractivity contribution in [1.29, 1.82) is 5.26 Å². The summed E-state index contributed by atoms with van der Waals surface area (Å²) in [7, 11) is 0. The third kappa shape index (κ3) is 4.16. The van der Waals surface area contributed by atoms with Crippen LogP contribution in [0.2, 0.25) is 0 Å². The first kappa shape index (κ1) is 22.1. The number of hydrogen-bond acceptors (Lipinski definition) is 7. The highest BCUT2D eigenvalue weighted by atomic mass is 32.2.